The maximum Gasteiger partial charge on any atom is 0.160 e. The van der Waals surface area contributed by atoms with Crippen molar-refractivity contribution in [1.82, 2.24) is 15.0 Å². The third-order valence-electron chi connectivity index (χ3n) is 10.9. The SMILES string of the molecule is C1=C\CCC2Cc3c(-c4cccc(-c5nc(-c6cccc(-c7ccccc7)c6)cc(-c6cccc(-c7ccccc7)c6)n5)c4)nc4ccccc4c3N=C2\C=C/1. The van der Waals surface area contributed by atoms with E-state index in [4.69, 9.17) is 19.9 Å². The molecule has 8 aromatic rings. The molecular formula is C52H38N4. The van der Waals surface area contributed by atoms with E-state index in [1.165, 1.54) is 16.7 Å². The van der Waals surface area contributed by atoms with Crippen molar-refractivity contribution in [2.24, 2.45) is 10.9 Å². The number of hydrogen-bond donors (Lipinski definition) is 0. The molecule has 0 N–H and O–H groups in total. The maximum atomic E-state index is 5.34. The van der Waals surface area contributed by atoms with Crippen LogP contribution in [0, 0.1) is 5.92 Å². The predicted molar refractivity (Wildman–Crippen MR) is 232 cm³/mol. The summed E-state index contributed by atoms with van der Waals surface area (Å²) in [5, 5.41) is 1.09. The molecule has 3 heterocycles. The third-order valence-corrected chi connectivity index (χ3v) is 10.9. The van der Waals surface area contributed by atoms with Gasteiger partial charge in [-0.3, -0.25) is 4.99 Å². The summed E-state index contributed by atoms with van der Waals surface area (Å²) in [5.41, 5.74) is 15.7. The average molecular weight is 719 g/mol. The molecule has 4 heteroatoms. The number of nitrogens with zero attached hydrogens (tertiary/aromatic N) is 4. The highest BCUT2D eigenvalue weighted by atomic mass is 14.9. The molecule has 6 aromatic carbocycles. The van der Waals surface area contributed by atoms with E-state index >= 15 is 0 Å². The molecular weight excluding hydrogens is 681 g/mol. The molecule has 1 atom stereocenters. The minimum Gasteiger partial charge on any atom is -0.252 e. The van der Waals surface area contributed by atoms with Crippen molar-refractivity contribution in [1.29, 1.82) is 0 Å². The van der Waals surface area contributed by atoms with Gasteiger partial charge in [-0.15, -0.1) is 0 Å². The van der Waals surface area contributed by atoms with E-state index in [0.29, 0.717) is 11.7 Å². The first kappa shape index (κ1) is 33.5. The highest BCUT2D eigenvalue weighted by Crippen LogP contribution is 2.42. The summed E-state index contributed by atoms with van der Waals surface area (Å²) in [4.78, 5) is 21.3. The molecule has 0 fully saturated rings. The average Bonchev–Trinajstić information content (AvgIpc) is 3.26. The Bertz CT molecular complexity index is 2730. The zero-order valence-electron chi connectivity index (χ0n) is 30.9. The predicted octanol–water partition coefficient (Wildman–Crippen LogP) is 13.2. The van der Waals surface area contributed by atoms with Gasteiger partial charge in [-0.2, -0.15) is 0 Å². The topological polar surface area (TPSA) is 51.0 Å². The number of aliphatic imine (C=N–C) groups is 1. The van der Waals surface area contributed by atoms with Crippen molar-refractivity contribution in [3.8, 4) is 67.4 Å². The Morgan fingerprint density at radius 3 is 1.73 bits per heavy atom. The van der Waals surface area contributed by atoms with E-state index in [1.54, 1.807) is 0 Å². The number of rotatable bonds is 6. The lowest BCUT2D eigenvalue weighted by Gasteiger charge is -2.26. The van der Waals surface area contributed by atoms with Crippen molar-refractivity contribution < 1.29 is 0 Å². The van der Waals surface area contributed by atoms with Gasteiger partial charge >= 0.3 is 0 Å². The van der Waals surface area contributed by atoms with E-state index in [-0.39, 0.29) is 0 Å². The Balaban J connectivity index is 1.13. The Kier molecular flexibility index (Phi) is 8.77. The smallest absolute Gasteiger partial charge is 0.160 e. The van der Waals surface area contributed by atoms with Crippen molar-refractivity contribution >= 4 is 22.3 Å². The molecule has 0 radical (unpaired) electrons. The number of aromatic nitrogens is 3. The molecule has 2 aliphatic rings. The molecule has 1 unspecified atom stereocenters. The van der Waals surface area contributed by atoms with Gasteiger partial charge in [-0.05, 0) is 77.9 Å². The Hall–Kier alpha value is -7.04. The summed E-state index contributed by atoms with van der Waals surface area (Å²) in [5.74, 6) is 1.01. The Morgan fingerprint density at radius 2 is 1.04 bits per heavy atom. The number of hydrogen-bond acceptors (Lipinski definition) is 4. The lowest BCUT2D eigenvalue weighted by Crippen LogP contribution is -2.20. The van der Waals surface area contributed by atoms with Gasteiger partial charge in [0, 0.05) is 44.8 Å². The number of para-hydroxylation sites is 1. The van der Waals surface area contributed by atoms with E-state index in [1.807, 2.05) is 0 Å². The molecule has 1 aliphatic carbocycles. The molecule has 4 nitrogen and oxygen atoms in total. The summed E-state index contributed by atoms with van der Waals surface area (Å²) >= 11 is 0. The molecule has 0 spiro atoms. The Labute approximate surface area is 327 Å². The first-order valence-electron chi connectivity index (χ1n) is 19.4. The number of pyridine rings is 1. The largest absolute Gasteiger partial charge is 0.252 e. The van der Waals surface area contributed by atoms with Crippen LogP contribution < -0.4 is 0 Å². The van der Waals surface area contributed by atoms with Gasteiger partial charge in [0.25, 0.3) is 0 Å². The highest BCUT2D eigenvalue weighted by molar-refractivity contribution is 6.06. The van der Waals surface area contributed by atoms with Crippen LogP contribution in [0.4, 0.5) is 5.69 Å². The van der Waals surface area contributed by atoms with E-state index in [2.05, 4.69) is 188 Å². The van der Waals surface area contributed by atoms with Crippen LogP contribution in [0.2, 0.25) is 0 Å². The van der Waals surface area contributed by atoms with E-state index < -0.39 is 0 Å². The zero-order valence-corrected chi connectivity index (χ0v) is 30.9. The van der Waals surface area contributed by atoms with Crippen LogP contribution in [0.5, 0.6) is 0 Å². The van der Waals surface area contributed by atoms with E-state index in [9.17, 15) is 0 Å². The van der Waals surface area contributed by atoms with Gasteiger partial charge in [0.2, 0.25) is 0 Å². The minimum atomic E-state index is 0.342. The number of allylic oxidation sites excluding steroid dienone is 4. The lowest BCUT2D eigenvalue weighted by atomic mass is 9.83. The van der Waals surface area contributed by atoms with Gasteiger partial charge in [0.1, 0.15) is 0 Å². The second-order valence-electron chi connectivity index (χ2n) is 14.5. The molecule has 266 valence electrons. The fraction of sp³-hybridized carbons (Fsp3) is 0.0769. The van der Waals surface area contributed by atoms with Gasteiger partial charge in [-0.1, -0.05) is 152 Å². The van der Waals surface area contributed by atoms with Crippen LogP contribution >= 0.6 is 0 Å². The van der Waals surface area contributed by atoms with Crippen LogP contribution in [0.3, 0.4) is 0 Å². The standard InChI is InChI=1S/C52H38N4/c1-2-10-28-46-41(20-5-1)33-45-50(54-47-29-12-11-27-44(47)51(45)53-46)42-25-15-26-43(32-42)52-55-48(39-23-13-21-37(30-39)35-16-6-3-7-17-35)34-49(56-52)40-24-14-22-38(31-40)36-18-8-4-9-19-36/h1-4,6-19,21-32,34,41H,5,20,33H2/b2-1-,28-10-. The highest BCUT2D eigenvalue weighted by Gasteiger charge is 2.27. The van der Waals surface area contributed by atoms with Crippen molar-refractivity contribution in [2.75, 3.05) is 0 Å². The van der Waals surface area contributed by atoms with Crippen molar-refractivity contribution in [3.05, 3.63) is 194 Å². The first-order valence-corrected chi connectivity index (χ1v) is 19.4. The van der Waals surface area contributed by atoms with Crippen LogP contribution in [0.1, 0.15) is 18.4 Å². The van der Waals surface area contributed by atoms with E-state index in [0.717, 1.165) is 92.0 Å². The minimum absolute atomic E-state index is 0.342. The molecule has 56 heavy (non-hydrogen) atoms. The quantitative estimate of drug-likeness (QED) is 0.172. The number of fused-ring (bicyclic) bond motifs is 4. The van der Waals surface area contributed by atoms with Crippen LogP contribution in [-0.4, -0.2) is 20.7 Å². The second kappa shape index (κ2) is 14.7. The van der Waals surface area contributed by atoms with Crippen molar-refractivity contribution in [2.45, 2.75) is 19.3 Å². The first-order chi connectivity index (χ1) is 27.7. The van der Waals surface area contributed by atoms with Crippen molar-refractivity contribution in [3.63, 3.8) is 0 Å². The molecule has 0 bridgehead atoms. The second-order valence-corrected chi connectivity index (χ2v) is 14.5. The number of benzene rings is 6. The maximum absolute atomic E-state index is 5.34. The monoisotopic (exact) mass is 718 g/mol. The fourth-order valence-electron chi connectivity index (χ4n) is 8.07. The molecule has 1 aliphatic heterocycles. The van der Waals surface area contributed by atoms with Crippen LogP contribution in [0.25, 0.3) is 78.3 Å². The zero-order chi connectivity index (χ0) is 37.3. The summed E-state index contributed by atoms with van der Waals surface area (Å²) in [6, 6.07) is 57.4. The summed E-state index contributed by atoms with van der Waals surface area (Å²) in [6.07, 6.45) is 11.7. The molecule has 0 amide bonds. The molecule has 10 rings (SSSR count). The van der Waals surface area contributed by atoms with Gasteiger partial charge in [0.05, 0.1) is 28.3 Å². The van der Waals surface area contributed by atoms with Crippen LogP contribution in [-0.2, 0) is 6.42 Å². The summed E-state index contributed by atoms with van der Waals surface area (Å²) in [7, 11) is 0. The molecule has 0 saturated heterocycles. The lowest BCUT2D eigenvalue weighted by molar-refractivity contribution is 0.624. The van der Waals surface area contributed by atoms with Gasteiger partial charge < -0.3 is 0 Å². The summed E-state index contributed by atoms with van der Waals surface area (Å²) < 4.78 is 0. The Morgan fingerprint density at radius 1 is 0.464 bits per heavy atom. The third kappa shape index (κ3) is 6.56. The van der Waals surface area contributed by atoms with Gasteiger partial charge in [-0.25, -0.2) is 15.0 Å². The normalized spacial score (nSPS) is 15.9. The fourth-order valence-corrected chi connectivity index (χ4v) is 8.07. The van der Waals surface area contributed by atoms with Crippen LogP contribution in [0.15, 0.2) is 193 Å². The molecule has 2 aromatic heterocycles. The molecule has 0 saturated carbocycles. The summed E-state index contributed by atoms with van der Waals surface area (Å²) in [6.45, 7) is 0. The van der Waals surface area contributed by atoms with Gasteiger partial charge in [0.15, 0.2) is 5.82 Å².